The molecule has 90 valence electrons. The molecule has 0 heterocycles. The van der Waals surface area contributed by atoms with Crippen LogP contribution >= 0.6 is 83.7 Å². The van der Waals surface area contributed by atoms with Crippen molar-refractivity contribution >= 4 is 83.7 Å². The number of halogens is 4. The summed E-state index contributed by atoms with van der Waals surface area (Å²) in [4.78, 5) is 0. The Labute approximate surface area is 146 Å². The molecule has 0 radical (unpaired) electrons. The Bertz CT molecular complexity index is 356. The van der Waals surface area contributed by atoms with Crippen molar-refractivity contribution in [3.8, 4) is 5.75 Å². The third kappa shape index (κ3) is 4.75. The van der Waals surface area contributed by atoms with Crippen LogP contribution in [0.2, 0.25) is 0 Å². The van der Waals surface area contributed by atoms with Gasteiger partial charge in [-0.05, 0) is 79.9 Å². The van der Waals surface area contributed by atoms with Crippen LogP contribution in [0.3, 0.4) is 0 Å². The summed E-state index contributed by atoms with van der Waals surface area (Å²) in [5.41, 5.74) is 0.162. The van der Waals surface area contributed by atoms with E-state index in [9.17, 15) is 0 Å². The maximum Gasteiger partial charge on any atom is 0.146 e. The van der Waals surface area contributed by atoms with E-state index in [-0.39, 0.29) is 5.41 Å². The first-order valence-corrected chi connectivity index (χ1v) is 9.05. The Hall–Kier alpha value is 1.69. The smallest absolute Gasteiger partial charge is 0.146 e. The van der Waals surface area contributed by atoms with Gasteiger partial charge in [0.25, 0.3) is 0 Å². The van der Waals surface area contributed by atoms with Crippen LogP contribution in [0.1, 0.15) is 13.8 Å². The van der Waals surface area contributed by atoms with Crippen LogP contribution in [-0.4, -0.2) is 11.9 Å². The molecule has 1 aromatic carbocycles. The number of alkyl halides is 1. The fourth-order valence-electron chi connectivity index (χ4n) is 0.973. The first kappa shape index (κ1) is 15.7. The third-order valence-electron chi connectivity index (χ3n) is 1.93. The summed E-state index contributed by atoms with van der Waals surface area (Å²) in [6.07, 6.45) is 0. The molecule has 0 aliphatic heterocycles. The second kappa shape index (κ2) is 6.74. The van der Waals surface area contributed by atoms with Crippen LogP contribution in [-0.2, 0) is 0 Å². The van der Waals surface area contributed by atoms with Gasteiger partial charge < -0.3 is 4.74 Å². The predicted molar refractivity (Wildman–Crippen MR) is 97.7 cm³/mol. The number of benzene rings is 1. The quantitative estimate of drug-likeness (QED) is 0.328. The van der Waals surface area contributed by atoms with Crippen molar-refractivity contribution in [2.75, 3.05) is 11.9 Å². The molecule has 5 heteroatoms. The first-order valence-electron chi connectivity index (χ1n) is 4.69. The van der Waals surface area contributed by atoms with E-state index in [4.69, 9.17) is 4.74 Å². The van der Waals surface area contributed by atoms with E-state index in [1.807, 2.05) is 0 Å². The molecule has 1 nitrogen and oxygen atoms in total. The van der Waals surface area contributed by atoms with Crippen molar-refractivity contribution in [1.29, 1.82) is 0 Å². The minimum absolute atomic E-state index is 0.162. The topological polar surface area (TPSA) is 9.23 Å². The fraction of sp³-hybridized carbons (Fsp3) is 0.455. The van der Waals surface area contributed by atoms with Crippen LogP contribution in [0.5, 0.6) is 5.75 Å². The zero-order valence-corrected chi connectivity index (χ0v) is 17.0. The molecule has 0 bridgehead atoms. The maximum absolute atomic E-state index is 5.93. The molecule has 0 aromatic heterocycles. The summed E-state index contributed by atoms with van der Waals surface area (Å²) in [5.74, 6) is 1.01. The maximum atomic E-state index is 5.93. The summed E-state index contributed by atoms with van der Waals surface area (Å²) < 4.78 is 9.54. The molecular weight excluding hydrogens is 609 g/mol. The van der Waals surface area contributed by atoms with E-state index in [1.165, 1.54) is 10.7 Å². The molecular formula is C11H12BrI3O. The van der Waals surface area contributed by atoms with Crippen molar-refractivity contribution in [3.63, 3.8) is 0 Å². The summed E-state index contributed by atoms with van der Waals surface area (Å²) in [6, 6.07) is 4.28. The lowest BCUT2D eigenvalue weighted by Gasteiger charge is -2.22. The van der Waals surface area contributed by atoms with Gasteiger partial charge in [0, 0.05) is 14.3 Å². The molecule has 1 rings (SSSR count). The average molecular weight is 621 g/mol. The molecule has 0 atom stereocenters. The van der Waals surface area contributed by atoms with Crippen LogP contribution in [0.4, 0.5) is 0 Å². The van der Waals surface area contributed by atoms with Crippen molar-refractivity contribution < 1.29 is 4.74 Å². The molecule has 0 fully saturated rings. The van der Waals surface area contributed by atoms with Gasteiger partial charge in [0.1, 0.15) is 5.75 Å². The van der Waals surface area contributed by atoms with Crippen LogP contribution in [0.15, 0.2) is 12.1 Å². The van der Waals surface area contributed by atoms with Gasteiger partial charge >= 0.3 is 0 Å². The minimum Gasteiger partial charge on any atom is -0.491 e. The monoisotopic (exact) mass is 620 g/mol. The molecule has 0 saturated heterocycles. The van der Waals surface area contributed by atoms with Gasteiger partial charge in [0.15, 0.2) is 0 Å². The Kier molecular flexibility index (Phi) is 6.63. The Balaban J connectivity index is 2.82. The lowest BCUT2D eigenvalue weighted by molar-refractivity contribution is 0.200. The molecule has 16 heavy (non-hydrogen) atoms. The normalized spacial score (nSPS) is 11.6. The molecule has 0 N–H and O–H groups in total. The van der Waals surface area contributed by atoms with Crippen molar-refractivity contribution in [2.45, 2.75) is 13.8 Å². The fourth-order valence-corrected chi connectivity index (χ4v) is 5.03. The van der Waals surface area contributed by atoms with E-state index in [0.717, 1.165) is 17.7 Å². The molecule has 0 aliphatic rings. The highest BCUT2D eigenvalue weighted by Gasteiger charge is 2.18. The van der Waals surface area contributed by atoms with Gasteiger partial charge in [0.05, 0.1) is 13.7 Å². The van der Waals surface area contributed by atoms with Gasteiger partial charge in [-0.1, -0.05) is 29.8 Å². The Morgan fingerprint density at radius 1 is 1.19 bits per heavy atom. The van der Waals surface area contributed by atoms with Crippen molar-refractivity contribution in [1.82, 2.24) is 0 Å². The van der Waals surface area contributed by atoms with Gasteiger partial charge in [0.2, 0.25) is 0 Å². The van der Waals surface area contributed by atoms with E-state index in [1.54, 1.807) is 0 Å². The summed E-state index contributed by atoms with van der Waals surface area (Å²) in [5, 5.41) is 0.942. The molecule has 0 spiro atoms. The first-order chi connectivity index (χ1) is 7.35. The standard InChI is InChI=1S/C11H12BrI3O/c1-11(2,5-12)6-16-10-8(14)3-7(13)4-9(10)15/h3-4H,5-6H2,1-2H3. The largest absolute Gasteiger partial charge is 0.491 e. The lowest BCUT2D eigenvalue weighted by Crippen LogP contribution is -2.23. The second-order valence-electron chi connectivity index (χ2n) is 4.29. The third-order valence-corrected chi connectivity index (χ3v) is 5.68. The van der Waals surface area contributed by atoms with Gasteiger partial charge in [-0.15, -0.1) is 0 Å². The van der Waals surface area contributed by atoms with Crippen LogP contribution in [0.25, 0.3) is 0 Å². The van der Waals surface area contributed by atoms with Gasteiger partial charge in [-0.3, -0.25) is 0 Å². The molecule has 0 aliphatic carbocycles. The highest BCUT2D eigenvalue weighted by atomic mass is 127. The molecule has 0 unspecified atom stereocenters. The summed E-state index contributed by atoms with van der Waals surface area (Å²) >= 11 is 10.5. The summed E-state index contributed by atoms with van der Waals surface area (Å²) in [6.45, 7) is 5.10. The average Bonchev–Trinajstić information content (AvgIpc) is 2.16. The van der Waals surface area contributed by atoms with Crippen molar-refractivity contribution in [3.05, 3.63) is 22.8 Å². The molecule has 1 aromatic rings. The van der Waals surface area contributed by atoms with E-state index < -0.39 is 0 Å². The van der Waals surface area contributed by atoms with Gasteiger partial charge in [-0.2, -0.15) is 0 Å². The highest BCUT2D eigenvalue weighted by Crippen LogP contribution is 2.31. The van der Waals surface area contributed by atoms with Crippen LogP contribution in [0, 0.1) is 16.1 Å². The molecule has 0 saturated carbocycles. The van der Waals surface area contributed by atoms with E-state index >= 15 is 0 Å². The summed E-state index contributed by atoms with van der Waals surface area (Å²) in [7, 11) is 0. The SMILES string of the molecule is CC(C)(CBr)COc1c(I)cc(I)cc1I. The molecule has 0 amide bonds. The number of hydrogen-bond acceptors (Lipinski definition) is 1. The minimum atomic E-state index is 0.162. The Morgan fingerprint density at radius 3 is 2.12 bits per heavy atom. The number of rotatable bonds is 4. The van der Waals surface area contributed by atoms with E-state index in [2.05, 4.69) is 110 Å². The highest BCUT2D eigenvalue weighted by molar-refractivity contribution is 14.1. The lowest BCUT2D eigenvalue weighted by atomic mass is 9.98. The van der Waals surface area contributed by atoms with E-state index in [0.29, 0.717) is 0 Å². The van der Waals surface area contributed by atoms with Gasteiger partial charge in [-0.25, -0.2) is 0 Å². The Morgan fingerprint density at radius 2 is 1.69 bits per heavy atom. The zero-order valence-electron chi connectivity index (χ0n) is 8.99. The predicted octanol–water partition coefficient (Wildman–Crippen LogP) is 5.30. The number of ether oxygens (including phenoxy) is 1. The number of hydrogen-bond donors (Lipinski definition) is 0. The van der Waals surface area contributed by atoms with Crippen molar-refractivity contribution in [2.24, 2.45) is 5.41 Å². The zero-order chi connectivity index (χ0) is 12.3. The van der Waals surface area contributed by atoms with Crippen LogP contribution < -0.4 is 4.74 Å². The second-order valence-corrected chi connectivity index (χ2v) is 8.42.